The second kappa shape index (κ2) is 14.1. The highest BCUT2D eigenvalue weighted by Crippen LogP contribution is 2.25. The predicted octanol–water partition coefficient (Wildman–Crippen LogP) is 8.50. The van der Waals surface area contributed by atoms with E-state index in [4.69, 9.17) is 0 Å². The Morgan fingerprint density at radius 2 is 1.50 bits per heavy atom. The summed E-state index contributed by atoms with van der Waals surface area (Å²) < 4.78 is 2.26. The van der Waals surface area contributed by atoms with Gasteiger partial charge in [0.05, 0.1) is 5.69 Å². The Labute approximate surface area is 209 Å². The summed E-state index contributed by atoms with van der Waals surface area (Å²) in [5.41, 5.74) is 5.55. The van der Waals surface area contributed by atoms with Crippen LogP contribution in [0.4, 0.5) is 0 Å². The molecular weight excluding hydrogens is 436 g/mol. The highest BCUT2D eigenvalue weighted by molar-refractivity contribution is 7.07. The number of aromatic nitrogens is 1. The van der Waals surface area contributed by atoms with E-state index in [0.29, 0.717) is 5.56 Å². The molecule has 2 aromatic carbocycles. The van der Waals surface area contributed by atoms with Crippen LogP contribution in [0.5, 0.6) is 0 Å². The standard InChI is InChI=1S/C30H40N2OS/c1-4-5-6-7-8-9-10-11-12-16-21-32-28(27-20-19-24(2)22-25(27)3)23-34-30(32)31-29(33)26-17-14-13-15-18-26/h13-15,17-20,22-23H,4-12,16,21H2,1-3H3/b31-30-. The summed E-state index contributed by atoms with van der Waals surface area (Å²) in [4.78, 5) is 18.1. The van der Waals surface area contributed by atoms with Crippen molar-refractivity contribution in [1.82, 2.24) is 4.57 Å². The third kappa shape index (κ3) is 7.80. The largest absolute Gasteiger partial charge is 0.316 e. The van der Waals surface area contributed by atoms with Gasteiger partial charge in [-0.05, 0) is 38.0 Å². The van der Waals surface area contributed by atoms with Crippen molar-refractivity contribution in [2.24, 2.45) is 4.99 Å². The van der Waals surface area contributed by atoms with Gasteiger partial charge in [-0.2, -0.15) is 4.99 Å². The lowest BCUT2D eigenvalue weighted by molar-refractivity contribution is 0.0997. The summed E-state index contributed by atoms with van der Waals surface area (Å²) in [6.07, 6.45) is 13.1. The first-order chi connectivity index (χ1) is 16.6. The molecule has 0 saturated carbocycles. The lowest BCUT2D eigenvalue weighted by Crippen LogP contribution is -2.18. The number of amides is 1. The molecule has 0 saturated heterocycles. The lowest BCUT2D eigenvalue weighted by Gasteiger charge is -2.12. The van der Waals surface area contributed by atoms with Crippen LogP contribution in [-0.4, -0.2) is 10.5 Å². The van der Waals surface area contributed by atoms with Crippen LogP contribution in [0.1, 0.15) is 92.6 Å². The van der Waals surface area contributed by atoms with Gasteiger partial charge in [0.25, 0.3) is 5.91 Å². The van der Waals surface area contributed by atoms with Crippen LogP contribution in [0.25, 0.3) is 11.3 Å². The fourth-order valence-electron chi connectivity index (χ4n) is 4.44. The molecule has 0 aliphatic rings. The van der Waals surface area contributed by atoms with Crippen molar-refractivity contribution >= 4 is 17.2 Å². The van der Waals surface area contributed by atoms with Crippen LogP contribution in [-0.2, 0) is 6.54 Å². The molecule has 0 spiro atoms. The van der Waals surface area contributed by atoms with Crippen molar-refractivity contribution in [1.29, 1.82) is 0 Å². The smallest absolute Gasteiger partial charge is 0.279 e. The molecule has 1 amide bonds. The molecule has 1 heterocycles. The summed E-state index contributed by atoms with van der Waals surface area (Å²) in [5, 5.41) is 2.16. The predicted molar refractivity (Wildman–Crippen MR) is 145 cm³/mol. The molecule has 0 bridgehead atoms. The molecule has 3 nitrogen and oxygen atoms in total. The number of thiazole rings is 1. The summed E-state index contributed by atoms with van der Waals surface area (Å²) in [5.74, 6) is -0.175. The van der Waals surface area contributed by atoms with Crippen LogP contribution in [0, 0.1) is 13.8 Å². The van der Waals surface area contributed by atoms with E-state index in [1.165, 1.54) is 74.5 Å². The van der Waals surface area contributed by atoms with E-state index in [1.807, 2.05) is 30.3 Å². The SMILES string of the molecule is CCCCCCCCCCCCn1c(-c2ccc(C)cc2C)cs/c1=N\C(=O)c1ccccc1. The van der Waals surface area contributed by atoms with Crippen LogP contribution in [0.15, 0.2) is 58.9 Å². The normalized spacial score (nSPS) is 11.8. The Kier molecular flexibility index (Phi) is 10.8. The van der Waals surface area contributed by atoms with Crippen molar-refractivity contribution in [2.75, 3.05) is 0 Å². The van der Waals surface area contributed by atoms with Crippen LogP contribution in [0.2, 0.25) is 0 Å². The highest BCUT2D eigenvalue weighted by atomic mass is 32.1. The summed E-state index contributed by atoms with van der Waals surface area (Å²) in [7, 11) is 0. The number of rotatable bonds is 13. The number of carbonyl (C=O) groups is 1. The summed E-state index contributed by atoms with van der Waals surface area (Å²) in [6, 6.07) is 15.9. The molecule has 0 radical (unpaired) electrons. The molecule has 1 aromatic heterocycles. The van der Waals surface area contributed by atoms with Gasteiger partial charge >= 0.3 is 0 Å². The fraction of sp³-hybridized carbons (Fsp3) is 0.467. The zero-order valence-corrected chi connectivity index (χ0v) is 22.0. The molecule has 0 fully saturated rings. The molecule has 0 atom stereocenters. The maximum Gasteiger partial charge on any atom is 0.279 e. The van der Waals surface area contributed by atoms with Crippen molar-refractivity contribution in [3.8, 4) is 11.3 Å². The molecule has 182 valence electrons. The van der Waals surface area contributed by atoms with Gasteiger partial charge < -0.3 is 4.57 Å². The zero-order chi connectivity index (χ0) is 24.2. The minimum atomic E-state index is -0.175. The Morgan fingerprint density at radius 3 is 2.15 bits per heavy atom. The van der Waals surface area contributed by atoms with Crippen molar-refractivity contribution in [3.05, 3.63) is 75.4 Å². The van der Waals surface area contributed by atoms with E-state index in [9.17, 15) is 4.79 Å². The third-order valence-electron chi connectivity index (χ3n) is 6.41. The number of carbonyl (C=O) groups excluding carboxylic acids is 1. The van der Waals surface area contributed by atoms with Gasteiger partial charge in [0, 0.05) is 23.1 Å². The van der Waals surface area contributed by atoms with Gasteiger partial charge in [0.1, 0.15) is 0 Å². The second-order valence-corrected chi connectivity index (χ2v) is 10.2. The van der Waals surface area contributed by atoms with E-state index in [1.54, 1.807) is 11.3 Å². The third-order valence-corrected chi connectivity index (χ3v) is 7.27. The fourth-order valence-corrected chi connectivity index (χ4v) is 5.36. The first-order valence-electron chi connectivity index (χ1n) is 13.0. The minimum absolute atomic E-state index is 0.175. The summed E-state index contributed by atoms with van der Waals surface area (Å²) >= 11 is 1.56. The number of benzene rings is 2. The second-order valence-electron chi connectivity index (χ2n) is 9.34. The Morgan fingerprint density at radius 1 is 0.853 bits per heavy atom. The Balaban J connectivity index is 1.69. The van der Waals surface area contributed by atoms with Gasteiger partial charge in [-0.25, -0.2) is 0 Å². The van der Waals surface area contributed by atoms with E-state index in [-0.39, 0.29) is 5.91 Å². The lowest BCUT2D eigenvalue weighted by atomic mass is 10.0. The number of nitrogens with zero attached hydrogens (tertiary/aromatic N) is 2. The maximum atomic E-state index is 12.8. The molecular formula is C30H40N2OS. The zero-order valence-electron chi connectivity index (χ0n) is 21.2. The number of unbranched alkanes of at least 4 members (excludes halogenated alkanes) is 9. The highest BCUT2D eigenvalue weighted by Gasteiger charge is 2.12. The molecule has 0 aliphatic carbocycles. The topological polar surface area (TPSA) is 34.4 Å². The van der Waals surface area contributed by atoms with Crippen LogP contribution >= 0.6 is 11.3 Å². The number of hydrogen-bond acceptors (Lipinski definition) is 2. The van der Waals surface area contributed by atoms with E-state index < -0.39 is 0 Å². The van der Waals surface area contributed by atoms with Gasteiger partial charge in [0.15, 0.2) is 4.80 Å². The first kappa shape index (κ1) is 26.2. The maximum absolute atomic E-state index is 12.8. The van der Waals surface area contributed by atoms with Crippen LogP contribution in [0.3, 0.4) is 0 Å². The number of hydrogen-bond donors (Lipinski definition) is 0. The van der Waals surface area contributed by atoms with Gasteiger partial charge in [0.2, 0.25) is 0 Å². The molecule has 0 N–H and O–H groups in total. The Bertz CT molecular complexity index is 1090. The van der Waals surface area contributed by atoms with E-state index in [0.717, 1.165) is 23.5 Å². The minimum Gasteiger partial charge on any atom is -0.316 e. The quantitative estimate of drug-likeness (QED) is 0.228. The number of aryl methyl sites for hydroxylation is 2. The average Bonchev–Trinajstić information content (AvgIpc) is 3.22. The summed E-state index contributed by atoms with van der Waals surface area (Å²) in [6.45, 7) is 7.45. The van der Waals surface area contributed by atoms with Crippen LogP contribution < -0.4 is 4.80 Å². The molecule has 34 heavy (non-hydrogen) atoms. The van der Waals surface area contributed by atoms with Crippen molar-refractivity contribution < 1.29 is 4.79 Å². The van der Waals surface area contributed by atoms with Gasteiger partial charge in [-0.15, -0.1) is 11.3 Å². The molecule has 4 heteroatoms. The van der Waals surface area contributed by atoms with E-state index >= 15 is 0 Å². The van der Waals surface area contributed by atoms with E-state index in [2.05, 4.69) is 53.9 Å². The van der Waals surface area contributed by atoms with Gasteiger partial charge in [-0.1, -0.05) is 107 Å². The average molecular weight is 477 g/mol. The Hall–Kier alpha value is -2.46. The molecule has 3 aromatic rings. The molecule has 0 unspecified atom stereocenters. The van der Waals surface area contributed by atoms with Crippen molar-refractivity contribution in [2.45, 2.75) is 91.5 Å². The van der Waals surface area contributed by atoms with Crippen molar-refractivity contribution in [3.63, 3.8) is 0 Å². The molecule has 3 rings (SSSR count). The van der Waals surface area contributed by atoms with Gasteiger partial charge in [-0.3, -0.25) is 4.79 Å². The first-order valence-corrected chi connectivity index (χ1v) is 13.9. The monoisotopic (exact) mass is 476 g/mol. The molecule has 0 aliphatic heterocycles.